The van der Waals surface area contributed by atoms with Gasteiger partial charge in [0.2, 0.25) is 5.91 Å². The van der Waals surface area contributed by atoms with Crippen LogP contribution in [0, 0.1) is 0 Å². The zero-order valence-corrected chi connectivity index (χ0v) is 16.3. The van der Waals surface area contributed by atoms with Crippen LogP contribution >= 0.6 is 0 Å². The summed E-state index contributed by atoms with van der Waals surface area (Å²) >= 11 is 0. The van der Waals surface area contributed by atoms with E-state index in [9.17, 15) is 22.8 Å². The molecule has 0 saturated carbocycles. The number of dihydropyridines is 1. The molecule has 4 heterocycles. The van der Waals surface area contributed by atoms with Crippen LogP contribution in [-0.2, 0) is 4.79 Å². The first-order valence-electron chi connectivity index (χ1n) is 9.70. The summed E-state index contributed by atoms with van der Waals surface area (Å²) in [6.45, 7) is 0.0572. The van der Waals surface area contributed by atoms with Gasteiger partial charge < -0.3 is 26.0 Å². The number of hydrogen-bond donors (Lipinski definition) is 4. The van der Waals surface area contributed by atoms with Crippen LogP contribution in [0.25, 0.3) is 0 Å². The number of urea groups is 1. The van der Waals surface area contributed by atoms with Gasteiger partial charge in [-0.15, -0.1) is 0 Å². The number of aliphatic hydroxyl groups is 1. The summed E-state index contributed by atoms with van der Waals surface area (Å²) in [6, 6.07) is -0.740. The van der Waals surface area contributed by atoms with E-state index in [1.54, 1.807) is 29.7 Å². The maximum atomic E-state index is 13.0. The highest BCUT2D eigenvalue weighted by molar-refractivity contribution is 5.91. The van der Waals surface area contributed by atoms with Crippen molar-refractivity contribution in [2.45, 2.75) is 30.7 Å². The molecule has 0 aliphatic carbocycles. The highest BCUT2D eigenvalue weighted by atomic mass is 19.4. The number of alkyl halides is 3. The molecule has 3 amide bonds. The lowest BCUT2D eigenvalue weighted by Crippen LogP contribution is -2.58. The van der Waals surface area contributed by atoms with Crippen LogP contribution in [0.2, 0.25) is 0 Å². The summed E-state index contributed by atoms with van der Waals surface area (Å²) in [5.41, 5.74) is 1.18. The smallest absolute Gasteiger partial charge is 0.394 e. The molecule has 1 aromatic rings. The van der Waals surface area contributed by atoms with Gasteiger partial charge in [0, 0.05) is 19.3 Å². The van der Waals surface area contributed by atoms with Gasteiger partial charge in [-0.3, -0.25) is 14.7 Å². The molecule has 0 aromatic carbocycles. The molecule has 3 aliphatic heterocycles. The Kier molecular flexibility index (Phi) is 5.48. The van der Waals surface area contributed by atoms with Gasteiger partial charge in [-0.05, 0) is 24.6 Å². The third-order valence-electron chi connectivity index (χ3n) is 5.40. The summed E-state index contributed by atoms with van der Waals surface area (Å²) in [5, 5.41) is 16.4. The Morgan fingerprint density at radius 1 is 1.39 bits per heavy atom. The summed E-state index contributed by atoms with van der Waals surface area (Å²) in [7, 11) is 0. The van der Waals surface area contributed by atoms with Gasteiger partial charge in [0.15, 0.2) is 0 Å². The molecule has 12 heteroatoms. The molecule has 1 unspecified atom stereocenters. The van der Waals surface area contributed by atoms with Gasteiger partial charge in [-0.25, -0.2) is 4.79 Å². The molecule has 2 bridgehead atoms. The van der Waals surface area contributed by atoms with E-state index in [1.807, 2.05) is 0 Å². The van der Waals surface area contributed by atoms with E-state index in [-0.39, 0.29) is 6.04 Å². The summed E-state index contributed by atoms with van der Waals surface area (Å²) in [4.78, 5) is 33.0. The molecular formula is C19H21F3N6O3. The predicted octanol–water partition coefficient (Wildman–Crippen LogP) is 0.740. The molecule has 1 saturated heterocycles. The highest BCUT2D eigenvalue weighted by Gasteiger charge is 2.44. The number of nitrogens with one attached hydrogen (secondary N) is 3. The Morgan fingerprint density at radius 2 is 2.19 bits per heavy atom. The van der Waals surface area contributed by atoms with Gasteiger partial charge in [0.1, 0.15) is 17.9 Å². The van der Waals surface area contributed by atoms with E-state index in [0.29, 0.717) is 36.7 Å². The zero-order valence-electron chi connectivity index (χ0n) is 16.3. The SMILES string of the molecule is O=C(N[C@@H](CO)C(F)(F)F)C1C=CC2=C(N1)N(C(=O)Nc1cccnc1)[C@H]1CCN2C1. The van der Waals surface area contributed by atoms with Crippen molar-refractivity contribution in [1.82, 2.24) is 25.4 Å². The van der Waals surface area contributed by atoms with Crippen molar-refractivity contribution in [3.05, 3.63) is 48.2 Å². The number of carbonyl (C=O) groups excluding carboxylic acids is 2. The van der Waals surface area contributed by atoms with Crippen LogP contribution in [0.1, 0.15) is 6.42 Å². The topological polar surface area (TPSA) is 110 Å². The van der Waals surface area contributed by atoms with Crippen molar-refractivity contribution in [2.75, 3.05) is 25.0 Å². The molecule has 4 N–H and O–H groups in total. The van der Waals surface area contributed by atoms with Crippen molar-refractivity contribution in [3.63, 3.8) is 0 Å². The number of carbonyl (C=O) groups is 2. The number of allylic oxidation sites excluding steroid dienone is 1. The molecule has 3 aliphatic rings. The molecule has 4 rings (SSSR count). The Balaban J connectivity index is 1.53. The molecule has 166 valence electrons. The summed E-state index contributed by atoms with van der Waals surface area (Å²) in [6.07, 6.45) is 2.06. The number of fused-ring (bicyclic) bond motifs is 3. The van der Waals surface area contributed by atoms with E-state index in [0.717, 1.165) is 0 Å². The fourth-order valence-corrected chi connectivity index (χ4v) is 3.87. The standard InChI is InChI=1S/C19H21F3N6O3/c20-19(21,22)15(10-29)26-17(30)13-3-4-14-16(25-13)28(12-5-7-27(14)9-12)18(31)24-11-2-1-6-23-8-11/h1-4,6,8,12-13,15,25,29H,5,7,9-10H2,(H,24,31)(H,26,30)/t12-,13?,15-/m0/s1. The fraction of sp³-hybridized carbons (Fsp3) is 0.421. The largest absolute Gasteiger partial charge is 0.410 e. The molecular weight excluding hydrogens is 417 g/mol. The molecule has 1 fully saturated rings. The van der Waals surface area contributed by atoms with Gasteiger partial charge in [-0.2, -0.15) is 13.2 Å². The number of amides is 3. The number of aliphatic hydroxyl groups excluding tert-OH is 1. The lowest BCUT2D eigenvalue weighted by atomic mass is 10.1. The maximum Gasteiger partial charge on any atom is 0.410 e. The van der Waals surface area contributed by atoms with Crippen LogP contribution in [-0.4, -0.2) is 75.8 Å². The van der Waals surface area contributed by atoms with E-state index < -0.39 is 36.8 Å². The van der Waals surface area contributed by atoms with Gasteiger partial charge >= 0.3 is 12.2 Å². The van der Waals surface area contributed by atoms with Crippen molar-refractivity contribution in [1.29, 1.82) is 0 Å². The molecule has 9 nitrogen and oxygen atoms in total. The second-order valence-electron chi connectivity index (χ2n) is 7.43. The predicted molar refractivity (Wildman–Crippen MR) is 103 cm³/mol. The van der Waals surface area contributed by atoms with Gasteiger partial charge in [0.25, 0.3) is 0 Å². The van der Waals surface area contributed by atoms with Crippen molar-refractivity contribution in [2.24, 2.45) is 0 Å². The third kappa shape index (κ3) is 4.15. The quantitative estimate of drug-likeness (QED) is 0.552. The molecule has 0 radical (unpaired) electrons. The second-order valence-corrected chi connectivity index (χ2v) is 7.43. The first kappa shape index (κ1) is 21.0. The maximum absolute atomic E-state index is 13.0. The average Bonchev–Trinajstić information content (AvgIpc) is 3.15. The Morgan fingerprint density at radius 3 is 2.87 bits per heavy atom. The normalized spacial score (nSPS) is 23.2. The number of halogens is 3. The minimum atomic E-state index is -4.78. The molecule has 1 aromatic heterocycles. The van der Waals surface area contributed by atoms with Crippen LogP contribution in [0.15, 0.2) is 48.2 Å². The van der Waals surface area contributed by atoms with E-state index in [4.69, 9.17) is 5.11 Å². The molecule has 3 atom stereocenters. The fourth-order valence-electron chi connectivity index (χ4n) is 3.87. The first-order chi connectivity index (χ1) is 14.8. The molecule has 0 spiro atoms. The number of hydrogen-bond acceptors (Lipinski definition) is 6. The minimum absolute atomic E-state index is 0.154. The summed E-state index contributed by atoms with van der Waals surface area (Å²) < 4.78 is 38.7. The minimum Gasteiger partial charge on any atom is -0.394 e. The summed E-state index contributed by atoms with van der Waals surface area (Å²) in [5.74, 6) is -0.606. The Hall–Kier alpha value is -3.28. The number of nitrogens with zero attached hydrogens (tertiary/aromatic N) is 3. The van der Waals surface area contributed by atoms with Gasteiger partial charge in [0.05, 0.1) is 30.2 Å². The van der Waals surface area contributed by atoms with Crippen molar-refractivity contribution >= 4 is 17.6 Å². The van der Waals surface area contributed by atoms with Crippen LogP contribution in [0.5, 0.6) is 0 Å². The second kappa shape index (κ2) is 8.10. The van der Waals surface area contributed by atoms with Crippen LogP contribution < -0.4 is 16.0 Å². The number of anilines is 1. The van der Waals surface area contributed by atoms with Crippen LogP contribution in [0.3, 0.4) is 0 Å². The monoisotopic (exact) mass is 438 g/mol. The van der Waals surface area contributed by atoms with Gasteiger partial charge in [-0.1, -0.05) is 6.08 Å². The highest BCUT2D eigenvalue weighted by Crippen LogP contribution is 2.33. The molecule has 31 heavy (non-hydrogen) atoms. The number of aromatic nitrogens is 1. The van der Waals surface area contributed by atoms with Crippen molar-refractivity contribution < 1.29 is 27.9 Å². The Labute approximate surface area is 175 Å². The van der Waals surface area contributed by atoms with E-state index in [1.165, 1.54) is 17.2 Å². The van der Waals surface area contributed by atoms with Crippen LogP contribution in [0.4, 0.5) is 23.7 Å². The van der Waals surface area contributed by atoms with Crippen molar-refractivity contribution in [3.8, 4) is 0 Å². The van der Waals surface area contributed by atoms with E-state index in [2.05, 4.69) is 20.5 Å². The average molecular weight is 438 g/mol. The number of rotatable bonds is 4. The zero-order chi connectivity index (χ0) is 22.2. The Bertz CT molecular complexity index is 920. The first-order valence-corrected chi connectivity index (χ1v) is 9.70. The number of pyridine rings is 1. The van der Waals surface area contributed by atoms with E-state index >= 15 is 0 Å². The lowest BCUT2D eigenvalue weighted by Gasteiger charge is -2.41. The third-order valence-corrected chi connectivity index (χ3v) is 5.40. The lowest BCUT2D eigenvalue weighted by molar-refractivity contribution is -0.168.